The number of anilines is 1. The molecule has 6 heteroatoms. The van der Waals surface area contributed by atoms with Crippen LogP contribution >= 0.6 is 0 Å². The molecule has 0 bridgehead atoms. The number of nitrogens with zero attached hydrogens (tertiary/aromatic N) is 1. The number of esters is 1. The molecule has 22 heavy (non-hydrogen) atoms. The number of nitrogens with two attached hydrogens (primary N) is 2. The second-order valence-electron chi connectivity index (χ2n) is 4.53. The van der Waals surface area contributed by atoms with Gasteiger partial charge in [0.15, 0.2) is 0 Å². The lowest BCUT2D eigenvalue weighted by Gasteiger charge is -2.11. The van der Waals surface area contributed by atoms with Crippen LogP contribution in [0.2, 0.25) is 0 Å². The predicted molar refractivity (Wildman–Crippen MR) is 86.4 cm³/mol. The summed E-state index contributed by atoms with van der Waals surface area (Å²) in [5.74, 6) is 0.621. The third-order valence-electron chi connectivity index (χ3n) is 2.99. The molecule has 0 unspecified atom stereocenters. The van der Waals surface area contributed by atoms with Crippen LogP contribution in [-0.2, 0) is 9.53 Å². The fourth-order valence-electron chi connectivity index (χ4n) is 2.01. The van der Waals surface area contributed by atoms with Gasteiger partial charge < -0.3 is 20.9 Å². The highest BCUT2D eigenvalue weighted by atomic mass is 16.5. The van der Waals surface area contributed by atoms with Crippen LogP contribution < -0.4 is 16.2 Å². The van der Waals surface area contributed by atoms with E-state index in [1.54, 1.807) is 25.3 Å². The third kappa shape index (κ3) is 3.73. The molecule has 0 fully saturated rings. The highest BCUT2D eigenvalue weighted by Gasteiger charge is 2.07. The monoisotopic (exact) mass is 301 g/mol. The van der Waals surface area contributed by atoms with Gasteiger partial charge in [-0.25, -0.2) is 9.78 Å². The van der Waals surface area contributed by atoms with Crippen LogP contribution in [0, 0.1) is 0 Å². The Kier molecular flexibility index (Phi) is 5.32. The van der Waals surface area contributed by atoms with Crippen molar-refractivity contribution in [2.75, 3.05) is 25.5 Å². The van der Waals surface area contributed by atoms with E-state index < -0.39 is 5.97 Å². The Hall–Kier alpha value is -2.60. The summed E-state index contributed by atoms with van der Waals surface area (Å²) in [5, 5.41) is 1.71. The molecule has 0 aliphatic rings. The molecule has 0 saturated heterocycles. The Labute approximate surface area is 128 Å². The number of carbonyl (C=O) groups excluding carboxylic acids is 1. The number of ether oxygens (including phenoxy) is 2. The SMILES string of the molecule is CCOC(=O)C=Cc1cc2ccnc(N)c2cc1OCCN. The lowest BCUT2D eigenvalue weighted by molar-refractivity contribution is -0.137. The molecule has 0 radical (unpaired) electrons. The number of benzene rings is 1. The molecule has 0 amide bonds. The van der Waals surface area contributed by atoms with Gasteiger partial charge in [-0.05, 0) is 36.6 Å². The summed E-state index contributed by atoms with van der Waals surface area (Å²) in [6.45, 7) is 2.85. The maximum absolute atomic E-state index is 11.5. The van der Waals surface area contributed by atoms with Crippen molar-refractivity contribution in [1.82, 2.24) is 4.98 Å². The molecule has 4 N–H and O–H groups in total. The van der Waals surface area contributed by atoms with E-state index in [9.17, 15) is 4.79 Å². The maximum atomic E-state index is 11.5. The average molecular weight is 301 g/mol. The van der Waals surface area contributed by atoms with Crippen LogP contribution in [0.25, 0.3) is 16.8 Å². The van der Waals surface area contributed by atoms with Gasteiger partial charge in [0.1, 0.15) is 18.2 Å². The van der Waals surface area contributed by atoms with Gasteiger partial charge in [0.25, 0.3) is 0 Å². The summed E-state index contributed by atoms with van der Waals surface area (Å²) in [6, 6.07) is 5.53. The van der Waals surface area contributed by atoms with Crippen LogP contribution in [0.1, 0.15) is 12.5 Å². The van der Waals surface area contributed by atoms with Crippen LogP contribution in [0.5, 0.6) is 5.75 Å². The Morgan fingerprint density at radius 3 is 2.95 bits per heavy atom. The second kappa shape index (κ2) is 7.42. The number of hydrogen-bond acceptors (Lipinski definition) is 6. The summed E-state index contributed by atoms with van der Waals surface area (Å²) in [5.41, 5.74) is 12.1. The van der Waals surface area contributed by atoms with E-state index >= 15 is 0 Å². The van der Waals surface area contributed by atoms with E-state index in [0.717, 1.165) is 16.3 Å². The molecule has 0 aliphatic carbocycles. The van der Waals surface area contributed by atoms with Crippen molar-refractivity contribution in [2.45, 2.75) is 6.92 Å². The number of rotatable bonds is 6. The van der Waals surface area contributed by atoms with Crippen molar-refractivity contribution >= 4 is 28.6 Å². The molecule has 2 aromatic rings. The molecule has 1 aromatic heterocycles. The number of fused-ring (bicyclic) bond motifs is 1. The Balaban J connectivity index is 2.43. The van der Waals surface area contributed by atoms with Gasteiger partial charge in [-0.15, -0.1) is 0 Å². The summed E-state index contributed by atoms with van der Waals surface area (Å²) in [6.07, 6.45) is 4.65. The number of aromatic nitrogens is 1. The number of nitrogen functional groups attached to an aromatic ring is 1. The van der Waals surface area contributed by atoms with Gasteiger partial charge in [-0.1, -0.05) is 0 Å². The van der Waals surface area contributed by atoms with Gasteiger partial charge in [0.05, 0.1) is 6.61 Å². The quantitative estimate of drug-likeness (QED) is 0.622. The first-order valence-corrected chi connectivity index (χ1v) is 7.01. The molecule has 1 heterocycles. The topological polar surface area (TPSA) is 100 Å². The van der Waals surface area contributed by atoms with Gasteiger partial charge >= 0.3 is 5.97 Å². The predicted octanol–water partition coefficient (Wildman–Crippen LogP) is 1.73. The van der Waals surface area contributed by atoms with Crippen LogP contribution in [-0.4, -0.2) is 30.7 Å². The molecular formula is C16H19N3O3. The zero-order valence-corrected chi connectivity index (χ0v) is 12.4. The molecule has 0 saturated carbocycles. The van der Waals surface area contributed by atoms with E-state index in [1.807, 2.05) is 12.1 Å². The van der Waals surface area contributed by atoms with Gasteiger partial charge in [-0.2, -0.15) is 0 Å². The minimum atomic E-state index is -0.401. The highest BCUT2D eigenvalue weighted by Crippen LogP contribution is 2.29. The summed E-state index contributed by atoms with van der Waals surface area (Å²) in [7, 11) is 0. The number of pyridine rings is 1. The summed E-state index contributed by atoms with van der Waals surface area (Å²) in [4.78, 5) is 15.5. The maximum Gasteiger partial charge on any atom is 0.330 e. The first-order valence-electron chi connectivity index (χ1n) is 7.01. The Bertz CT molecular complexity index is 698. The van der Waals surface area contributed by atoms with Crippen molar-refractivity contribution in [3.8, 4) is 5.75 Å². The zero-order chi connectivity index (χ0) is 15.9. The molecule has 0 atom stereocenters. The Morgan fingerprint density at radius 1 is 1.41 bits per heavy atom. The van der Waals surface area contributed by atoms with Crippen LogP contribution in [0.4, 0.5) is 5.82 Å². The third-order valence-corrected chi connectivity index (χ3v) is 2.99. The van der Waals surface area contributed by atoms with Crippen LogP contribution in [0.15, 0.2) is 30.5 Å². The van der Waals surface area contributed by atoms with Crippen molar-refractivity contribution in [1.29, 1.82) is 0 Å². The second-order valence-corrected chi connectivity index (χ2v) is 4.53. The molecule has 116 valence electrons. The van der Waals surface area contributed by atoms with E-state index in [0.29, 0.717) is 31.3 Å². The van der Waals surface area contributed by atoms with E-state index in [-0.39, 0.29) is 0 Å². The molecule has 0 spiro atoms. The average Bonchev–Trinajstić information content (AvgIpc) is 2.51. The van der Waals surface area contributed by atoms with Gasteiger partial charge in [-0.3, -0.25) is 0 Å². The molecule has 1 aromatic carbocycles. The molecule has 6 nitrogen and oxygen atoms in total. The van der Waals surface area contributed by atoms with Gasteiger partial charge in [0, 0.05) is 29.8 Å². The normalized spacial score (nSPS) is 11.0. The zero-order valence-electron chi connectivity index (χ0n) is 12.4. The van der Waals surface area contributed by atoms with Crippen LogP contribution in [0.3, 0.4) is 0 Å². The minimum absolute atomic E-state index is 0.333. The summed E-state index contributed by atoms with van der Waals surface area (Å²) < 4.78 is 10.5. The first kappa shape index (κ1) is 15.8. The first-order chi connectivity index (χ1) is 10.7. The molecule has 2 rings (SSSR count). The highest BCUT2D eigenvalue weighted by molar-refractivity contribution is 5.95. The largest absolute Gasteiger partial charge is 0.492 e. The molecule has 0 aliphatic heterocycles. The van der Waals surface area contributed by atoms with Crippen molar-refractivity contribution < 1.29 is 14.3 Å². The summed E-state index contributed by atoms with van der Waals surface area (Å²) >= 11 is 0. The minimum Gasteiger partial charge on any atom is -0.492 e. The lowest BCUT2D eigenvalue weighted by atomic mass is 10.1. The standard InChI is InChI=1S/C16H19N3O3/c1-2-21-15(20)4-3-12-9-11-5-7-19-16(18)13(11)10-14(12)22-8-6-17/h3-5,7,9-10H,2,6,8,17H2,1H3,(H2,18,19). The van der Waals surface area contributed by atoms with Crippen molar-refractivity contribution in [2.24, 2.45) is 5.73 Å². The number of hydrogen-bond donors (Lipinski definition) is 2. The Morgan fingerprint density at radius 2 is 2.23 bits per heavy atom. The lowest BCUT2D eigenvalue weighted by Crippen LogP contribution is -2.11. The van der Waals surface area contributed by atoms with Crippen molar-refractivity contribution in [3.05, 3.63) is 36.0 Å². The smallest absolute Gasteiger partial charge is 0.330 e. The van der Waals surface area contributed by atoms with Gasteiger partial charge in [0.2, 0.25) is 0 Å². The van der Waals surface area contributed by atoms with E-state index in [4.69, 9.17) is 20.9 Å². The fourth-order valence-corrected chi connectivity index (χ4v) is 2.01. The van der Waals surface area contributed by atoms with E-state index in [1.165, 1.54) is 6.08 Å². The van der Waals surface area contributed by atoms with E-state index in [2.05, 4.69) is 4.98 Å². The van der Waals surface area contributed by atoms with Crippen molar-refractivity contribution in [3.63, 3.8) is 0 Å². The fraction of sp³-hybridized carbons (Fsp3) is 0.250. The molecular weight excluding hydrogens is 282 g/mol. The number of carbonyl (C=O) groups is 1.